The van der Waals surface area contributed by atoms with Gasteiger partial charge in [-0.1, -0.05) is 12.1 Å². The second kappa shape index (κ2) is 7.99. The van der Waals surface area contributed by atoms with Gasteiger partial charge in [-0.25, -0.2) is 9.37 Å². The number of nitrogens with zero attached hydrogens (tertiary/aromatic N) is 3. The van der Waals surface area contributed by atoms with E-state index < -0.39 is 17.6 Å². The minimum Gasteiger partial charge on any atom is -0.370 e. The number of para-hydroxylation sites is 1. The molecule has 0 saturated carbocycles. The molecular formula is C20H19FN4O3. The standard InChI is InChI=1S/C20H19FN4O3/c1-13-3-2-4-16-19(13)23-12-24(20(16)28)11-18(27)25(10-9-17(22)26)15-7-5-14(21)6-8-15/h2-8,12H,9-11H2,1H3,(H2,22,26). The molecule has 0 aliphatic carbocycles. The van der Waals surface area contributed by atoms with Gasteiger partial charge in [0.25, 0.3) is 5.56 Å². The van der Waals surface area contributed by atoms with E-state index >= 15 is 0 Å². The van der Waals surface area contributed by atoms with Crippen LogP contribution in [0.2, 0.25) is 0 Å². The molecule has 0 bridgehead atoms. The average Bonchev–Trinajstić information content (AvgIpc) is 2.66. The number of carbonyl (C=O) groups excluding carboxylic acids is 2. The van der Waals surface area contributed by atoms with Crippen molar-refractivity contribution < 1.29 is 14.0 Å². The number of hydrogen-bond acceptors (Lipinski definition) is 4. The van der Waals surface area contributed by atoms with Crippen molar-refractivity contribution >= 4 is 28.4 Å². The summed E-state index contributed by atoms with van der Waals surface area (Å²) in [4.78, 5) is 42.3. The first kappa shape index (κ1) is 19.2. The molecule has 8 heteroatoms. The summed E-state index contributed by atoms with van der Waals surface area (Å²) in [5.41, 5.74) is 6.71. The highest BCUT2D eigenvalue weighted by Gasteiger charge is 2.18. The Balaban J connectivity index is 1.92. The Morgan fingerprint density at radius 3 is 2.57 bits per heavy atom. The summed E-state index contributed by atoms with van der Waals surface area (Å²) in [6.07, 6.45) is 1.26. The number of primary amides is 1. The maximum Gasteiger partial charge on any atom is 0.261 e. The molecule has 2 N–H and O–H groups in total. The molecule has 3 aromatic rings. The normalized spacial score (nSPS) is 10.8. The Bertz CT molecular complexity index is 1090. The van der Waals surface area contributed by atoms with E-state index in [0.717, 1.165) is 5.56 Å². The largest absolute Gasteiger partial charge is 0.370 e. The summed E-state index contributed by atoms with van der Waals surface area (Å²) in [7, 11) is 0. The van der Waals surface area contributed by atoms with Crippen molar-refractivity contribution in [2.75, 3.05) is 11.4 Å². The fourth-order valence-electron chi connectivity index (χ4n) is 2.92. The van der Waals surface area contributed by atoms with Gasteiger partial charge in [0.05, 0.1) is 17.2 Å². The number of carbonyl (C=O) groups is 2. The third-order valence-electron chi connectivity index (χ3n) is 4.38. The van der Waals surface area contributed by atoms with E-state index in [2.05, 4.69) is 4.98 Å². The number of aryl methyl sites for hydroxylation is 1. The van der Waals surface area contributed by atoms with Gasteiger partial charge in [0.1, 0.15) is 12.4 Å². The van der Waals surface area contributed by atoms with Crippen LogP contribution < -0.4 is 16.2 Å². The van der Waals surface area contributed by atoms with E-state index in [1.807, 2.05) is 13.0 Å². The second-order valence-electron chi connectivity index (χ2n) is 6.39. The molecule has 0 spiro atoms. The minimum absolute atomic E-state index is 0.0225. The Labute approximate surface area is 160 Å². The highest BCUT2D eigenvalue weighted by Crippen LogP contribution is 2.16. The number of rotatable bonds is 6. The van der Waals surface area contributed by atoms with Gasteiger partial charge < -0.3 is 10.6 Å². The molecule has 3 rings (SSSR count). The predicted octanol–water partition coefficient (Wildman–Crippen LogP) is 1.75. The smallest absolute Gasteiger partial charge is 0.261 e. The lowest BCUT2D eigenvalue weighted by Crippen LogP contribution is -2.38. The zero-order valence-corrected chi connectivity index (χ0v) is 15.3. The lowest BCUT2D eigenvalue weighted by atomic mass is 10.1. The minimum atomic E-state index is -0.570. The van der Waals surface area contributed by atoms with Crippen LogP contribution in [0.1, 0.15) is 12.0 Å². The van der Waals surface area contributed by atoms with Crippen LogP contribution in [0.5, 0.6) is 0 Å². The van der Waals surface area contributed by atoms with Crippen LogP contribution in [0, 0.1) is 12.7 Å². The molecular weight excluding hydrogens is 363 g/mol. The molecule has 2 aromatic carbocycles. The first-order chi connectivity index (χ1) is 13.4. The molecule has 0 aliphatic rings. The summed E-state index contributed by atoms with van der Waals surface area (Å²) in [6.45, 7) is 1.60. The van der Waals surface area contributed by atoms with E-state index in [1.165, 1.54) is 40.1 Å². The van der Waals surface area contributed by atoms with Gasteiger partial charge >= 0.3 is 0 Å². The zero-order valence-electron chi connectivity index (χ0n) is 15.3. The first-order valence-corrected chi connectivity index (χ1v) is 8.66. The van der Waals surface area contributed by atoms with Gasteiger partial charge in [0.2, 0.25) is 11.8 Å². The number of aromatic nitrogens is 2. The fourth-order valence-corrected chi connectivity index (χ4v) is 2.92. The molecule has 0 unspecified atom stereocenters. The SMILES string of the molecule is Cc1cccc2c(=O)n(CC(=O)N(CCC(N)=O)c3ccc(F)cc3)cnc12. The lowest BCUT2D eigenvalue weighted by molar-refractivity contribution is -0.119. The molecule has 2 amide bonds. The number of benzene rings is 2. The van der Waals surface area contributed by atoms with Crippen LogP contribution in [0.3, 0.4) is 0 Å². The van der Waals surface area contributed by atoms with E-state index in [-0.39, 0.29) is 25.1 Å². The average molecular weight is 382 g/mol. The number of amides is 2. The highest BCUT2D eigenvalue weighted by atomic mass is 19.1. The van der Waals surface area contributed by atoms with E-state index in [0.29, 0.717) is 16.6 Å². The second-order valence-corrected chi connectivity index (χ2v) is 6.39. The number of nitrogens with two attached hydrogens (primary N) is 1. The number of anilines is 1. The molecule has 0 fully saturated rings. The molecule has 7 nitrogen and oxygen atoms in total. The van der Waals surface area contributed by atoms with E-state index in [1.54, 1.807) is 12.1 Å². The number of halogens is 1. The molecule has 144 valence electrons. The topological polar surface area (TPSA) is 98.3 Å². The molecule has 0 radical (unpaired) electrons. The van der Waals surface area contributed by atoms with Crippen LogP contribution in [-0.2, 0) is 16.1 Å². The Hall–Kier alpha value is -3.55. The molecule has 0 saturated heterocycles. The summed E-state index contributed by atoms with van der Waals surface area (Å²) >= 11 is 0. The zero-order chi connectivity index (χ0) is 20.3. The molecule has 0 atom stereocenters. The maximum atomic E-state index is 13.2. The van der Waals surface area contributed by atoms with Crippen LogP contribution in [0.25, 0.3) is 10.9 Å². The van der Waals surface area contributed by atoms with Crippen LogP contribution in [-0.4, -0.2) is 27.9 Å². The van der Waals surface area contributed by atoms with Crippen LogP contribution >= 0.6 is 0 Å². The number of fused-ring (bicyclic) bond motifs is 1. The van der Waals surface area contributed by atoms with Crippen molar-refractivity contribution in [2.24, 2.45) is 5.73 Å². The van der Waals surface area contributed by atoms with Gasteiger partial charge in [0.15, 0.2) is 0 Å². The van der Waals surface area contributed by atoms with E-state index in [4.69, 9.17) is 5.73 Å². The van der Waals surface area contributed by atoms with Gasteiger partial charge in [-0.2, -0.15) is 0 Å². The van der Waals surface area contributed by atoms with Crippen LogP contribution in [0.4, 0.5) is 10.1 Å². The Morgan fingerprint density at radius 1 is 1.18 bits per heavy atom. The molecule has 1 heterocycles. The van der Waals surface area contributed by atoms with Crippen molar-refractivity contribution in [2.45, 2.75) is 19.9 Å². The first-order valence-electron chi connectivity index (χ1n) is 8.66. The van der Waals surface area contributed by atoms with Gasteiger partial charge in [0, 0.05) is 18.7 Å². The lowest BCUT2D eigenvalue weighted by Gasteiger charge is -2.23. The molecule has 1 aromatic heterocycles. The van der Waals surface area contributed by atoms with Crippen molar-refractivity contribution in [1.82, 2.24) is 9.55 Å². The van der Waals surface area contributed by atoms with Crippen molar-refractivity contribution in [3.8, 4) is 0 Å². The third-order valence-corrected chi connectivity index (χ3v) is 4.38. The van der Waals surface area contributed by atoms with E-state index in [9.17, 15) is 18.8 Å². The summed E-state index contributed by atoms with van der Waals surface area (Å²) in [5.74, 6) is -1.46. The quantitative estimate of drug-likeness (QED) is 0.702. The van der Waals surface area contributed by atoms with Crippen molar-refractivity contribution in [3.63, 3.8) is 0 Å². The molecule has 28 heavy (non-hydrogen) atoms. The van der Waals surface area contributed by atoms with Crippen molar-refractivity contribution in [1.29, 1.82) is 0 Å². The van der Waals surface area contributed by atoms with Gasteiger partial charge in [-0.05, 0) is 42.8 Å². The van der Waals surface area contributed by atoms with Crippen LogP contribution in [0.15, 0.2) is 53.6 Å². The van der Waals surface area contributed by atoms with Crippen molar-refractivity contribution in [3.05, 3.63) is 70.5 Å². The molecule has 0 aliphatic heterocycles. The Kier molecular flexibility index (Phi) is 5.49. The predicted molar refractivity (Wildman–Crippen MR) is 103 cm³/mol. The summed E-state index contributed by atoms with van der Waals surface area (Å²) < 4.78 is 14.4. The fraction of sp³-hybridized carbons (Fsp3) is 0.200. The van der Waals surface area contributed by atoms with Gasteiger partial charge in [-0.15, -0.1) is 0 Å². The summed E-state index contributed by atoms with van der Waals surface area (Å²) in [5, 5.41) is 0.417. The maximum absolute atomic E-state index is 13.2. The third kappa shape index (κ3) is 4.06. The monoisotopic (exact) mass is 382 g/mol. The summed E-state index contributed by atoms with van der Waals surface area (Å²) in [6, 6.07) is 10.6. The van der Waals surface area contributed by atoms with Gasteiger partial charge in [-0.3, -0.25) is 19.0 Å². The Morgan fingerprint density at radius 2 is 1.89 bits per heavy atom. The highest BCUT2D eigenvalue weighted by molar-refractivity contribution is 5.94. The number of hydrogen-bond donors (Lipinski definition) is 1.